The van der Waals surface area contributed by atoms with Gasteiger partial charge in [-0.05, 0) is 42.3 Å². The van der Waals surface area contributed by atoms with Crippen molar-refractivity contribution in [3.8, 4) is 34.7 Å². The van der Waals surface area contributed by atoms with Crippen LogP contribution in [0.4, 0.5) is 4.79 Å². The number of imide groups is 1. The number of nitrogens with zero attached hydrogens (tertiary/aromatic N) is 3. The van der Waals surface area contributed by atoms with E-state index in [4.69, 9.17) is 9.47 Å². The average Bonchev–Trinajstić information content (AvgIpc) is 3.56. The second-order valence-corrected chi connectivity index (χ2v) is 7.95. The van der Waals surface area contributed by atoms with Gasteiger partial charge in [0.25, 0.3) is 5.91 Å². The summed E-state index contributed by atoms with van der Waals surface area (Å²) in [5.74, 6) is 7.17. The first-order valence-electron chi connectivity index (χ1n) is 11.3. The van der Waals surface area contributed by atoms with Crippen LogP contribution in [-0.2, 0) is 16.0 Å². The summed E-state index contributed by atoms with van der Waals surface area (Å²) < 4.78 is 10.4. The molecular formula is C26H28N6O5. The molecule has 4 amide bonds. The quantitative estimate of drug-likeness (QED) is 0.343. The number of benzene rings is 2. The smallest absolute Gasteiger partial charge is 0.322 e. The van der Waals surface area contributed by atoms with Crippen LogP contribution in [0.1, 0.15) is 18.1 Å². The number of aromatic amines is 1. The number of amides is 4. The molecule has 0 radical (unpaired) electrons. The SMILES string of the molecule is COc1cc(-c2ncn[nH]2)ccc1C#CC1NC(=O)NC1=O.COc1ccc(CCN(C)C(C)=O)cc1. The predicted octanol–water partition coefficient (Wildman–Crippen LogP) is 1.76. The lowest BCUT2D eigenvalue weighted by Gasteiger charge is -2.14. The molecule has 3 aromatic rings. The summed E-state index contributed by atoms with van der Waals surface area (Å²) >= 11 is 0. The van der Waals surface area contributed by atoms with Gasteiger partial charge in [-0.1, -0.05) is 24.0 Å². The molecule has 1 aromatic heterocycles. The number of hydrogen-bond acceptors (Lipinski definition) is 7. The summed E-state index contributed by atoms with van der Waals surface area (Å²) in [5, 5.41) is 11.1. The molecule has 3 N–H and O–H groups in total. The lowest BCUT2D eigenvalue weighted by Crippen LogP contribution is -2.26. The van der Waals surface area contributed by atoms with Gasteiger partial charge in [0.1, 0.15) is 17.8 Å². The first-order valence-corrected chi connectivity index (χ1v) is 11.3. The molecule has 2 heterocycles. The summed E-state index contributed by atoms with van der Waals surface area (Å²) in [4.78, 5) is 39.2. The Bertz CT molecular complexity index is 1300. The van der Waals surface area contributed by atoms with Crippen LogP contribution < -0.4 is 20.1 Å². The standard InChI is InChI=1S/C14H11N5O3.C12H17NO2/c1-22-11-6-9(12-15-7-16-19-12)3-2-8(11)4-5-10-13(20)18-14(21)17-10;1-10(14)13(2)9-8-11-4-6-12(15-3)7-5-11/h2-3,6-7,10H,1H3,(H,15,16,19)(H2,17,18,20,21);4-7H,8-9H2,1-3H3. The number of likely N-dealkylation sites (N-methyl/N-ethyl adjacent to an activating group) is 1. The molecule has 0 saturated carbocycles. The number of aromatic nitrogens is 3. The molecule has 1 aliphatic rings. The fraction of sp³-hybridized carbons (Fsp3) is 0.269. The van der Waals surface area contributed by atoms with Gasteiger partial charge < -0.3 is 19.7 Å². The van der Waals surface area contributed by atoms with Crippen molar-refractivity contribution in [3.63, 3.8) is 0 Å². The number of nitrogens with one attached hydrogen (secondary N) is 3. The van der Waals surface area contributed by atoms with E-state index >= 15 is 0 Å². The van der Waals surface area contributed by atoms with E-state index in [0.717, 1.165) is 24.3 Å². The van der Waals surface area contributed by atoms with Gasteiger partial charge in [0.2, 0.25) is 5.91 Å². The Morgan fingerprint density at radius 2 is 1.86 bits per heavy atom. The van der Waals surface area contributed by atoms with Crippen LogP contribution in [0.25, 0.3) is 11.4 Å². The van der Waals surface area contributed by atoms with Crippen LogP contribution in [0.5, 0.6) is 11.5 Å². The highest BCUT2D eigenvalue weighted by Crippen LogP contribution is 2.24. The highest BCUT2D eigenvalue weighted by atomic mass is 16.5. The normalized spacial score (nSPS) is 13.8. The van der Waals surface area contributed by atoms with Gasteiger partial charge in [0.15, 0.2) is 11.9 Å². The fourth-order valence-electron chi connectivity index (χ4n) is 3.20. The molecule has 1 saturated heterocycles. The molecule has 37 heavy (non-hydrogen) atoms. The fourth-order valence-corrected chi connectivity index (χ4v) is 3.20. The van der Waals surface area contributed by atoms with Crippen molar-refractivity contribution in [2.24, 2.45) is 0 Å². The molecule has 0 aliphatic carbocycles. The molecular weight excluding hydrogens is 476 g/mol. The highest BCUT2D eigenvalue weighted by molar-refractivity contribution is 6.05. The molecule has 1 aliphatic heterocycles. The Morgan fingerprint density at radius 1 is 1.11 bits per heavy atom. The van der Waals surface area contributed by atoms with Crippen LogP contribution in [-0.4, -0.2) is 71.8 Å². The second kappa shape index (κ2) is 12.7. The van der Waals surface area contributed by atoms with Crippen LogP contribution in [0.15, 0.2) is 48.8 Å². The number of urea groups is 1. The summed E-state index contributed by atoms with van der Waals surface area (Å²) in [6.07, 6.45) is 2.29. The number of carbonyl (C=O) groups excluding carboxylic acids is 3. The van der Waals surface area contributed by atoms with E-state index in [1.807, 2.05) is 31.3 Å². The number of methoxy groups -OCH3 is 2. The number of rotatable bonds is 6. The zero-order chi connectivity index (χ0) is 26.8. The Kier molecular flexibility index (Phi) is 9.21. The van der Waals surface area contributed by atoms with Gasteiger partial charge in [0.05, 0.1) is 19.8 Å². The summed E-state index contributed by atoms with van der Waals surface area (Å²) in [7, 11) is 4.99. The maximum absolute atomic E-state index is 11.4. The Hall–Kier alpha value is -4.85. The van der Waals surface area contributed by atoms with E-state index < -0.39 is 18.0 Å². The molecule has 1 atom stereocenters. The van der Waals surface area contributed by atoms with Gasteiger partial charge in [-0.25, -0.2) is 9.78 Å². The first-order chi connectivity index (χ1) is 17.8. The lowest BCUT2D eigenvalue weighted by molar-refractivity contribution is -0.127. The van der Waals surface area contributed by atoms with Crippen LogP contribution >= 0.6 is 0 Å². The molecule has 0 bridgehead atoms. The van der Waals surface area contributed by atoms with Crippen molar-refractivity contribution in [2.45, 2.75) is 19.4 Å². The zero-order valence-corrected chi connectivity index (χ0v) is 21.0. The molecule has 11 nitrogen and oxygen atoms in total. The summed E-state index contributed by atoms with van der Waals surface area (Å²) in [6, 6.07) is 11.8. The minimum Gasteiger partial charge on any atom is -0.497 e. The average molecular weight is 505 g/mol. The second-order valence-electron chi connectivity index (χ2n) is 7.95. The van der Waals surface area contributed by atoms with Crippen molar-refractivity contribution in [2.75, 3.05) is 27.8 Å². The summed E-state index contributed by atoms with van der Waals surface area (Å²) in [6.45, 7) is 2.33. The topological polar surface area (TPSA) is 139 Å². The van der Waals surface area contributed by atoms with Gasteiger partial charge in [-0.3, -0.25) is 20.0 Å². The van der Waals surface area contributed by atoms with Gasteiger partial charge in [-0.15, -0.1) is 0 Å². The van der Waals surface area contributed by atoms with Crippen LogP contribution in [0.2, 0.25) is 0 Å². The van der Waals surface area contributed by atoms with Gasteiger partial charge >= 0.3 is 6.03 Å². The minimum atomic E-state index is -0.855. The van der Waals surface area contributed by atoms with E-state index in [1.54, 1.807) is 37.1 Å². The predicted molar refractivity (Wildman–Crippen MR) is 136 cm³/mol. The molecule has 0 spiro atoms. The maximum Gasteiger partial charge on any atom is 0.322 e. The van der Waals surface area contributed by atoms with E-state index in [9.17, 15) is 14.4 Å². The zero-order valence-electron chi connectivity index (χ0n) is 21.0. The third-order valence-corrected chi connectivity index (χ3v) is 5.45. The van der Waals surface area contributed by atoms with Crippen molar-refractivity contribution in [1.29, 1.82) is 0 Å². The molecule has 1 unspecified atom stereocenters. The largest absolute Gasteiger partial charge is 0.497 e. The third kappa shape index (κ3) is 7.57. The summed E-state index contributed by atoms with van der Waals surface area (Å²) in [5.41, 5.74) is 2.61. The number of ether oxygens (including phenoxy) is 2. The van der Waals surface area contributed by atoms with Crippen LogP contribution in [0.3, 0.4) is 0 Å². The molecule has 2 aromatic carbocycles. The van der Waals surface area contributed by atoms with E-state index in [2.05, 4.69) is 37.7 Å². The van der Waals surface area contributed by atoms with Crippen molar-refractivity contribution >= 4 is 17.8 Å². The number of H-pyrrole nitrogens is 1. The van der Waals surface area contributed by atoms with Crippen molar-refractivity contribution in [3.05, 3.63) is 59.9 Å². The number of carbonyl (C=O) groups is 3. The molecule has 4 rings (SSSR count). The molecule has 11 heteroatoms. The first kappa shape index (κ1) is 26.7. The molecule has 192 valence electrons. The highest BCUT2D eigenvalue weighted by Gasteiger charge is 2.27. The van der Waals surface area contributed by atoms with E-state index in [0.29, 0.717) is 17.1 Å². The Morgan fingerprint density at radius 3 is 2.43 bits per heavy atom. The van der Waals surface area contributed by atoms with Gasteiger partial charge in [-0.2, -0.15) is 5.10 Å². The number of hydrogen-bond donors (Lipinski definition) is 3. The van der Waals surface area contributed by atoms with Crippen molar-refractivity contribution in [1.82, 2.24) is 30.7 Å². The lowest BCUT2D eigenvalue weighted by atomic mass is 10.1. The minimum absolute atomic E-state index is 0.100. The Balaban J connectivity index is 0.000000222. The van der Waals surface area contributed by atoms with Gasteiger partial charge in [0, 0.05) is 26.1 Å². The molecule has 1 fully saturated rings. The third-order valence-electron chi connectivity index (χ3n) is 5.45. The monoisotopic (exact) mass is 504 g/mol. The van der Waals surface area contributed by atoms with E-state index in [1.165, 1.54) is 19.0 Å². The van der Waals surface area contributed by atoms with E-state index in [-0.39, 0.29) is 5.91 Å². The van der Waals surface area contributed by atoms with Crippen molar-refractivity contribution < 1.29 is 23.9 Å². The maximum atomic E-state index is 11.4. The Labute approximate surface area is 214 Å². The van der Waals surface area contributed by atoms with Crippen LogP contribution in [0, 0.1) is 11.8 Å².